The molecular formula is C12H10BrFN2O2. The molecule has 0 saturated heterocycles. The second-order valence-electron chi connectivity index (χ2n) is 3.82. The highest BCUT2D eigenvalue weighted by atomic mass is 79.9. The molecule has 0 fully saturated rings. The monoisotopic (exact) mass is 312 g/mol. The van der Waals surface area contributed by atoms with Gasteiger partial charge in [0.15, 0.2) is 0 Å². The summed E-state index contributed by atoms with van der Waals surface area (Å²) in [6, 6.07) is 4.68. The van der Waals surface area contributed by atoms with Crippen molar-refractivity contribution in [1.29, 1.82) is 0 Å². The van der Waals surface area contributed by atoms with Gasteiger partial charge in [-0.05, 0) is 19.1 Å². The average molecular weight is 313 g/mol. The predicted molar refractivity (Wildman–Crippen MR) is 67.1 cm³/mol. The molecule has 4 nitrogen and oxygen atoms in total. The maximum atomic E-state index is 13.7. The maximum Gasteiger partial charge on any atom is 0.354 e. The number of carbonyl (C=O) groups is 1. The zero-order valence-corrected chi connectivity index (χ0v) is 11.1. The van der Waals surface area contributed by atoms with E-state index in [1.807, 2.05) is 0 Å². The van der Waals surface area contributed by atoms with Gasteiger partial charge in [-0.25, -0.2) is 14.2 Å². The number of aromatic nitrogens is 2. The van der Waals surface area contributed by atoms with Gasteiger partial charge in [0.25, 0.3) is 0 Å². The Morgan fingerprint density at radius 3 is 2.89 bits per heavy atom. The molecule has 6 heteroatoms. The van der Waals surface area contributed by atoms with Gasteiger partial charge in [0.05, 0.1) is 12.7 Å². The molecule has 1 aromatic carbocycles. The van der Waals surface area contributed by atoms with Gasteiger partial charge in [-0.1, -0.05) is 22.0 Å². The van der Waals surface area contributed by atoms with Crippen molar-refractivity contribution < 1.29 is 14.3 Å². The van der Waals surface area contributed by atoms with Crippen molar-refractivity contribution in [2.45, 2.75) is 13.5 Å². The third kappa shape index (κ3) is 2.43. The number of imidazole rings is 1. The molecule has 1 aromatic heterocycles. The molecule has 1 N–H and O–H groups in total. The van der Waals surface area contributed by atoms with Crippen LogP contribution in [-0.2, 0) is 6.54 Å². The van der Waals surface area contributed by atoms with Crippen LogP contribution in [0.1, 0.15) is 21.9 Å². The fourth-order valence-corrected chi connectivity index (χ4v) is 1.99. The fourth-order valence-electron chi connectivity index (χ4n) is 1.66. The summed E-state index contributed by atoms with van der Waals surface area (Å²) in [4.78, 5) is 14.9. The van der Waals surface area contributed by atoms with Crippen molar-refractivity contribution in [3.8, 4) is 0 Å². The number of carboxylic acids is 1. The molecule has 0 bridgehead atoms. The number of carboxylic acid groups (broad SMARTS) is 1. The largest absolute Gasteiger partial charge is 0.477 e. The molecule has 0 aliphatic heterocycles. The summed E-state index contributed by atoms with van der Waals surface area (Å²) in [5, 5.41) is 9.01. The van der Waals surface area contributed by atoms with Crippen molar-refractivity contribution in [2.24, 2.45) is 0 Å². The Kier molecular flexibility index (Phi) is 3.47. The van der Waals surface area contributed by atoms with E-state index in [2.05, 4.69) is 20.9 Å². The van der Waals surface area contributed by atoms with Crippen molar-refractivity contribution in [1.82, 2.24) is 9.55 Å². The van der Waals surface area contributed by atoms with Crippen LogP contribution in [0.4, 0.5) is 4.39 Å². The second kappa shape index (κ2) is 4.89. The van der Waals surface area contributed by atoms with Crippen molar-refractivity contribution in [2.75, 3.05) is 0 Å². The number of hydrogen-bond acceptors (Lipinski definition) is 2. The van der Waals surface area contributed by atoms with Gasteiger partial charge in [-0.3, -0.25) is 0 Å². The average Bonchev–Trinajstić information content (AvgIpc) is 2.64. The van der Waals surface area contributed by atoms with Crippen LogP contribution >= 0.6 is 15.9 Å². The molecule has 1 heterocycles. The lowest BCUT2D eigenvalue weighted by atomic mass is 10.2. The molecule has 0 aliphatic rings. The Bertz CT molecular complexity index is 610. The van der Waals surface area contributed by atoms with Crippen LogP contribution in [0.3, 0.4) is 0 Å². The first-order valence-electron chi connectivity index (χ1n) is 5.18. The number of aryl methyl sites for hydroxylation is 1. The molecule has 0 aliphatic carbocycles. The molecule has 2 aromatic rings. The summed E-state index contributed by atoms with van der Waals surface area (Å²) in [5.41, 5.74) is 0.469. The summed E-state index contributed by atoms with van der Waals surface area (Å²) in [6.07, 6.45) is 1.27. The topological polar surface area (TPSA) is 55.1 Å². The van der Waals surface area contributed by atoms with E-state index < -0.39 is 5.97 Å². The normalized spacial score (nSPS) is 10.6. The van der Waals surface area contributed by atoms with Crippen LogP contribution in [0.5, 0.6) is 0 Å². The zero-order chi connectivity index (χ0) is 13.3. The van der Waals surface area contributed by atoms with Crippen LogP contribution < -0.4 is 0 Å². The van der Waals surface area contributed by atoms with Gasteiger partial charge < -0.3 is 9.67 Å². The van der Waals surface area contributed by atoms with E-state index >= 15 is 0 Å². The van der Waals surface area contributed by atoms with Crippen LogP contribution in [0.15, 0.2) is 28.9 Å². The number of hydrogen-bond donors (Lipinski definition) is 1. The number of rotatable bonds is 3. The minimum atomic E-state index is -1.08. The first kappa shape index (κ1) is 12.8. The molecule has 18 heavy (non-hydrogen) atoms. The standard InChI is InChI=1S/C12H10BrFN2O2/c1-7-15-5-11(12(17)18)16(7)6-8-2-3-9(13)4-10(8)14/h2-5H,6H2,1H3,(H,17,18). The highest BCUT2D eigenvalue weighted by molar-refractivity contribution is 9.10. The van der Waals surface area contributed by atoms with Gasteiger partial charge in [-0.2, -0.15) is 0 Å². The first-order valence-corrected chi connectivity index (χ1v) is 5.97. The van der Waals surface area contributed by atoms with Crippen molar-refractivity contribution >= 4 is 21.9 Å². The molecule has 0 amide bonds. The second-order valence-corrected chi connectivity index (χ2v) is 4.73. The first-order chi connectivity index (χ1) is 8.49. The quantitative estimate of drug-likeness (QED) is 0.948. The number of aromatic carboxylic acids is 1. The maximum absolute atomic E-state index is 13.7. The molecule has 0 atom stereocenters. The molecule has 94 valence electrons. The molecular weight excluding hydrogens is 303 g/mol. The van der Waals surface area contributed by atoms with Gasteiger partial charge in [-0.15, -0.1) is 0 Å². The van der Waals surface area contributed by atoms with Gasteiger partial charge in [0.2, 0.25) is 0 Å². The van der Waals surface area contributed by atoms with Crippen LogP contribution in [-0.4, -0.2) is 20.6 Å². The van der Waals surface area contributed by atoms with E-state index in [9.17, 15) is 9.18 Å². The molecule has 0 spiro atoms. The molecule has 0 radical (unpaired) electrons. The van der Waals surface area contributed by atoms with E-state index in [0.717, 1.165) is 0 Å². The fraction of sp³-hybridized carbons (Fsp3) is 0.167. The van der Waals surface area contributed by atoms with E-state index in [1.165, 1.54) is 16.8 Å². The Morgan fingerprint density at radius 1 is 1.56 bits per heavy atom. The summed E-state index contributed by atoms with van der Waals surface area (Å²) in [5.74, 6) is -0.920. The third-order valence-electron chi connectivity index (χ3n) is 2.62. The van der Waals surface area contributed by atoms with Crippen molar-refractivity contribution in [3.63, 3.8) is 0 Å². The summed E-state index contributed by atoms with van der Waals surface area (Å²) >= 11 is 3.17. The Morgan fingerprint density at radius 2 is 2.28 bits per heavy atom. The smallest absolute Gasteiger partial charge is 0.354 e. The Hall–Kier alpha value is -1.69. The highest BCUT2D eigenvalue weighted by Gasteiger charge is 2.14. The van der Waals surface area contributed by atoms with Crippen LogP contribution in [0.2, 0.25) is 0 Å². The lowest BCUT2D eigenvalue weighted by Gasteiger charge is -2.09. The molecule has 0 saturated carbocycles. The highest BCUT2D eigenvalue weighted by Crippen LogP contribution is 2.17. The number of benzene rings is 1. The minimum Gasteiger partial charge on any atom is -0.477 e. The SMILES string of the molecule is Cc1ncc(C(=O)O)n1Cc1ccc(Br)cc1F. The lowest BCUT2D eigenvalue weighted by molar-refractivity contribution is 0.0685. The lowest BCUT2D eigenvalue weighted by Crippen LogP contribution is -2.11. The summed E-state index contributed by atoms with van der Waals surface area (Å²) < 4.78 is 15.8. The summed E-state index contributed by atoms with van der Waals surface area (Å²) in [6.45, 7) is 1.83. The van der Waals surface area contributed by atoms with E-state index in [4.69, 9.17) is 5.11 Å². The number of halogens is 2. The summed E-state index contributed by atoms with van der Waals surface area (Å²) in [7, 11) is 0. The Balaban J connectivity index is 2.39. The molecule has 0 unspecified atom stereocenters. The van der Waals surface area contributed by atoms with E-state index in [1.54, 1.807) is 19.1 Å². The van der Waals surface area contributed by atoms with Crippen LogP contribution in [0, 0.1) is 12.7 Å². The van der Waals surface area contributed by atoms with Gasteiger partial charge >= 0.3 is 5.97 Å². The predicted octanol–water partition coefficient (Wildman–Crippen LogP) is 2.84. The van der Waals surface area contributed by atoms with E-state index in [-0.39, 0.29) is 18.1 Å². The minimum absolute atomic E-state index is 0.0508. The molecule has 2 rings (SSSR count). The van der Waals surface area contributed by atoms with Crippen molar-refractivity contribution in [3.05, 3.63) is 51.8 Å². The Labute approximate surface area is 111 Å². The van der Waals surface area contributed by atoms with Crippen LogP contribution in [0.25, 0.3) is 0 Å². The third-order valence-corrected chi connectivity index (χ3v) is 3.11. The zero-order valence-electron chi connectivity index (χ0n) is 9.52. The van der Waals surface area contributed by atoms with E-state index in [0.29, 0.717) is 15.9 Å². The number of nitrogens with zero attached hydrogens (tertiary/aromatic N) is 2. The van der Waals surface area contributed by atoms with Gasteiger partial charge in [0.1, 0.15) is 17.3 Å². The van der Waals surface area contributed by atoms with Gasteiger partial charge in [0, 0.05) is 10.0 Å².